The van der Waals surface area contributed by atoms with Crippen molar-refractivity contribution in [1.29, 1.82) is 0 Å². The van der Waals surface area contributed by atoms with E-state index < -0.39 is 10.0 Å². The van der Waals surface area contributed by atoms with Crippen molar-refractivity contribution < 1.29 is 8.42 Å². The molecule has 0 unspecified atom stereocenters. The summed E-state index contributed by atoms with van der Waals surface area (Å²) in [6.45, 7) is 6.78. The molecule has 1 fully saturated rings. The fourth-order valence-electron chi connectivity index (χ4n) is 2.02. The van der Waals surface area contributed by atoms with Gasteiger partial charge < -0.3 is 5.32 Å². The molecule has 19 heavy (non-hydrogen) atoms. The Kier molecular flexibility index (Phi) is 5.35. The van der Waals surface area contributed by atoms with E-state index in [0.717, 1.165) is 36.6 Å². The van der Waals surface area contributed by atoms with Crippen molar-refractivity contribution in [3.63, 3.8) is 0 Å². The molecule has 2 N–H and O–H groups in total. The highest BCUT2D eigenvalue weighted by Crippen LogP contribution is 2.15. The summed E-state index contributed by atoms with van der Waals surface area (Å²) in [5.74, 6) is 0.178. The predicted octanol–water partition coefficient (Wildman–Crippen LogP) is 0.381. The zero-order valence-electron chi connectivity index (χ0n) is 11.2. The fourth-order valence-corrected chi connectivity index (χ4v) is 3.96. The van der Waals surface area contributed by atoms with Gasteiger partial charge in [0, 0.05) is 44.1 Å². The average Bonchev–Trinajstić information content (AvgIpc) is 2.81. The number of aryl methyl sites for hydroxylation is 1. The van der Waals surface area contributed by atoms with Crippen LogP contribution in [0.3, 0.4) is 0 Å². The molecule has 7 heteroatoms. The lowest BCUT2D eigenvalue weighted by Crippen LogP contribution is -2.45. The number of hydrogen-bond donors (Lipinski definition) is 2. The molecule has 1 aliphatic heterocycles. The van der Waals surface area contributed by atoms with Gasteiger partial charge in [-0.3, -0.25) is 4.90 Å². The molecule has 108 valence electrons. The van der Waals surface area contributed by atoms with Crippen molar-refractivity contribution in [2.75, 3.05) is 38.5 Å². The molecule has 5 nitrogen and oxygen atoms in total. The first kappa shape index (κ1) is 14.9. The third-order valence-corrected chi connectivity index (χ3v) is 5.63. The van der Waals surface area contributed by atoms with Gasteiger partial charge in [0.05, 0.1) is 5.75 Å². The second-order valence-corrected chi connectivity index (χ2v) is 7.69. The minimum Gasteiger partial charge on any atom is -0.314 e. The monoisotopic (exact) mass is 303 g/mol. The third kappa shape index (κ3) is 4.85. The van der Waals surface area contributed by atoms with Gasteiger partial charge in [0.1, 0.15) is 0 Å². The second kappa shape index (κ2) is 6.81. The quantitative estimate of drug-likeness (QED) is 0.798. The normalized spacial score (nSPS) is 17.7. The van der Waals surface area contributed by atoms with E-state index in [1.807, 2.05) is 18.4 Å². The van der Waals surface area contributed by atoms with E-state index in [-0.39, 0.29) is 5.75 Å². The van der Waals surface area contributed by atoms with Crippen LogP contribution in [-0.2, 0) is 16.6 Å². The van der Waals surface area contributed by atoms with Crippen LogP contribution < -0.4 is 10.0 Å². The number of nitrogens with zero attached hydrogens (tertiary/aromatic N) is 1. The number of hydrogen-bond acceptors (Lipinski definition) is 5. The third-order valence-electron chi connectivity index (χ3n) is 3.31. The molecule has 0 amide bonds. The minimum atomic E-state index is -3.18. The first-order chi connectivity index (χ1) is 9.07. The van der Waals surface area contributed by atoms with Crippen molar-refractivity contribution in [2.45, 2.75) is 13.5 Å². The molecule has 0 bridgehead atoms. The van der Waals surface area contributed by atoms with Gasteiger partial charge in [-0.1, -0.05) is 0 Å². The Hall–Kier alpha value is -0.470. The molecule has 1 saturated heterocycles. The highest BCUT2D eigenvalue weighted by Gasteiger charge is 2.15. The van der Waals surface area contributed by atoms with Crippen LogP contribution in [0.25, 0.3) is 0 Å². The van der Waals surface area contributed by atoms with Crippen LogP contribution in [0.15, 0.2) is 11.4 Å². The van der Waals surface area contributed by atoms with Crippen LogP contribution in [0, 0.1) is 6.92 Å². The molecule has 0 aliphatic carbocycles. The van der Waals surface area contributed by atoms with E-state index in [4.69, 9.17) is 0 Å². The Morgan fingerprint density at radius 2 is 2.16 bits per heavy atom. The molecule has 1 aromatic heterocycles. The Bertz CT molecular complexity index is 493. The van der Waals surface area contributed by atoms with Crippen LogP contribution in [-0.4, -0.2) is 51.8 Å². The lowest BCUT2D eigenvalue weighted by atomic mass is 10.3. The number of thiophene rings is 1. The summed E-state index contributed by atoms with van der Waals surface area (Å²) in [4.78, 5) is 3.28. The minimum absolute atomic E-state index is 0.178. The van der Waals surface area contributed by atoms with Crippen molar-refractivity contribution in [1.82, 2.24) is 14.9 Å². The first-order valence-corrected chi connectivity index (χ1v) is 9.03. The molecule has 0 atom stereocenters. The summed E-state index contributed by atoms with van der Waals surface area (Å²) in [6, 6.07) is 2.01. The summed E-state index contributed by atoms with van der Waals surface area (Å²) >= 11 is 1.59. The van der Waals surface area contributed by atoms with Crippen molar-refractivity contribution in [3.05, 3.63) is 21.9 Å². The van der Waals surface area contributed by atoms with Gasteiger partial charge in [0.15, 0.2) is 0 Å². The number of sulfonamides is 1. The van der Waals surface area contributed by atoms with Crippen LogP contribution in [0.2, 0.25) is 0 Å². The van der Waals surface area contributed by atoms with E-state index in [1.54, 1.807) is 11.3 Å². The summed E-state index contributed by atoms with van der Waals surface area (Å²) < 4.78 is 26.5. The molecule has 0 radical (unpaired) electrons. The van der Waals surface area contributed by atoms with E-state index in [2.05, 4.69) is 14.9 Å². The predicted molar refractivity (Wildman–Crippen MR) is 79.0 cm³/mol. The number of nitrogens with one attached hydrogen (secondary N) is 2. The molecule has 0 spiro atoms. The van der Waals surface area contributed by atoms with Crippen LogP contribution in [0.5, 0.6) is 0 Å². The second-order valence-electron chi connectivity index (χ2n) is 4.76. The maximum absolute atomic E-state index is 11.9. The molecule has 2 heterocycles. The highest BCUT2D eigenvalue weighted by molar-refractivity contribution is 7.89. The van der Waals surface area contributed by atoms with Gasteiger partial charge in [-0.25, -0.2) is 13.1 Å². The van der Waals surface area contributed by atoms with Gasteiger partial charge in [-0.15, -0.1) is 11.3 Å². The summed E-state index contributed by atoms with van der Waals surface area (Å²) in [5.41, 5.74) is 1.15. The van der Waals surface area contributed by atoms with Gasteiger partial charge >= 0.3 is 0 Å². The lowest BCUT2D eigenvalue weighted by Gasteiger charge is -2.26. The standard InChI is InChI=1S/C12H21N3O2S2/c1-11-2-8-18-12(11)10-14-19(16,17)9-7-15-5-3-13-4-6-15/h2,8,13-14H,3-7,9-10H2,1H3. The first-order valence-electron chi connectivity index (χ1n) is 6.50. The number of piperazine rings is 1. The van der Waals surface area contributed by atoms with Crippen molar-refractivity contribution >= 4 is 21.4 Å². The summed E-state index contributed by atoms with van der Waals surface area (Å²) in [5, 5.41) is 5.24. The molecule has 1 aromatic rings. The summed E-state index contributed by atoms with van der Waals surface area (Å²) in [7, 11) is -3.18. The Labute approximate surface area is 119 Å². The van der Waals surface area contributed by atoms with E-state index in [9.17, 15) is 8.42 Å². The Morgan fingerprint density at radius 1 is 1.42 bits per heavy atom. The van der Waals surface area contributed by atoms with E-state index >= 15 is 0 Å². The zero-order chi connectivity index (χ0) is 13.7. The molecule has 1 aliphatic rings. The average molecular weight is 303 g/mol. The van der Waals surface area contributed by atoms with E-state index in [0.29, 0.717) is 13.1 Å². The summed E-state index contributed by atoms with van der Waals surface area (Å²) in [6.07, 6.45) is 0. The van der Waals surface area contributed by atoms with Crippen molar-refractivity contribution in [3.8, 4) is 0 Å². The SMILES string of the molecule is Cc1ccsc1CNS(=O)(=O)CCN1CCNCC1. The maximum atomic E-state index is 11.9. The molecule has 2 rings (SSSR count). The number of rotatable bonds is 6. The zero-order valence-corrected chi connectivity index (χ0v) is 12.8. The molecule has 0 aromatic carbocycles. The van der Waals surface area contributed by atoms with Crippen LogP contribution >= 0.6 is 11.3 Å². The topological polar surface area (TPSA) is 61.4 Å². The lowest BCUT2D eigenvalue weighted by molar-refractivity contribution is 0.253. The Balaban J connectivity index is 1.76. The maximum Gasteiger partial charge on any atom is 0.213 e. The molecule has 0 saturated carbocycles. The van der Waals surface area contributed by atoms with Crippen LogP contribution in [0.1, 0.15) is 10.4 Å². The van der Waals surface area contributed by atoms with Crippen molar-refractivity contribution in [2.24, 2.45) is 0 Å². The van der Waals surface area contributed by atoms with Gasteiger partial charge in [0.25, 0.3) is 0 Å². The molecular formula is C12H21N3O2S2. The largest absolute Gasteiger partial charge is 0.314 e. The fraction of sp³-hybridized carbons (Fsp3) is 0.667. The van der Waals surface area contributed by atoms with Gasteiger partial charge in [-0.2, -0.15) is 0 Å². The van der Waals surface area contributed by atoms with Crippen LogP contribution in [0.4, 0.5) is 0 Å². The highest BCUT2D eigenvalue weighted by atomic mass is 32.2. The molecular weight excluding hydrogens is 282 g/mol. The smallest absolute Gasteiger partial charge is 0.213 e. The Morgan fingerprint density at radius 3 is 2.79 bits per heavy atom. The van der Waals surface area contributed by atoms with E-state index in [1.165, 1.54) is 0 Å². The van der Waals surface area contributed by atoms with Gasteiger partial charge in [0.2, 0.25) is 10.0 Å². The van der Waals surface area contributed by atoms with Gasteiger partial charge in [-0.05, 0) is 23.9 Å².